The highest BCUT2D eigenvalue weighted by molar-refractivity contribution is 7.22. The molecule has 2 aliphatic heterocycles. The van der Waals surface area contributed by atoms with Crippen molar-refractivity contribution in [3.05, 3.63) is 82.4 Å². The summed E-state index contributed by atoms with van der Waals surface area (Å²) in [6.45, 7) is 3.53. The molecule has 3 heterocycles. The number of nitrogens with zero attached hydrogens (tertiary/aromatic N) is 2. The number of hydrogen-bond donors (Lipinski definition) is 1. The Morgan fingerprint density at radius 2 is 1.83 bits per heavy atom. The van der Waals surface area contributed by atoms with E-state index in [1.165, 1.54) is 16.2 Å². The number of thiazole rings is 1. The highest BCUT2D eigenvalue weighted by atomic mass is 35.5. The molecule has 0 aliphatic carbocycles. The molecule has 1 saturated heterocycles. The number of benzene rings is 3. The minimum absolute atomic E-state index is 0.0411. The van der Waals surface area contributed by atoms with Gasteiger partial charge >= 0.3 is 5.91 Å². The molecule has 1 atom stereocenters. The molecule has 0 saturated carbocycles. The Kier molecular flexibility index (Phi) is 7.55. The van der Waals surface area contributed by atoms with E-state index < -0.39 is 17.7 Å². The standard InChI is InChI=1S/C31H27ClN2O6S/c1-2-3-4-13-38-21-9-5-18(6-10-21)27-26(28(35)19-7-12-23-24(16-19)40-15-14-39-23)29(36)30(37)34(27)31-33-22-11-8-20(32)17-25(22)41-31/h5-12,16-17,27,35H,2-4,13-15H2,1H3/b28-26-. The van der Waals surface area contributed by atoms with Crippen molar-refractivity contribution >= 4 is 55.7 Å². The van der Waals surface area contributed by atoms with Gasteiger partial charge in [-0.1, -0.05) is 54.8 Å². The van der Waals surface area contributed by atoms with Gasteiger partial charge in [0.15, 0.2) is 16.6 Å². The van der Waals surface area contributed by atoms with Crippen LogP contribution in [0.4, 0.5) is 5.13 Å². The zero-order chi connectivity index (χ0) is 28.5. The van der Waals surface area contributed by atoms with E-state index in [9.17, 15) is 14.7 Å². The first kappa shape index (κ1) is 27.1. The number of aliphatic hydroxyl groups is 1. The Hall–Kier alpha value is -4.08. The van der Waals surface area contributed by atoms with E-state index >= 15 is 0 Å². The first-order valence-electron chi connectivity index (χ1n) is 13.4. The molecule has 2 aliphatic rings. The van der Waals surface area contributed by atoms with Crippen LogP contribution in [-0.2, 0) is 9.59 Å². The predicted molar refractivity (Wildman–Crippen MR) is 158 cm³/mol. The molecule has 1 N–H and O–H groups in total. The van der Waals surface area contributed by atoms with Crippen LogP contribution in [0.2, 0.25) is 5.02 Å². The van der Waals surface area contributed by atoms with Gasteiger partial charge in [0.05, 0.1) is 28.4 Å². The van der Waals surface area contributed by atoms with Crippen LogP contribution in [0, 0.1) is 0 Å². The predicted octanol–water partition coefficient (Wildman–Crippen LogP) is 6.92. The van der Waals surface area contributed by atoms with E-state index in [4.69, 9.17) is 25.8 Å². The number of carbonyl (C=O) groups is 2. The summed E-state index contributed by atoms with van der Waals surface area (Å²) in [5, 5.41) is 12.4. The quantitative estimate of drug-likeness (QED) is 0.103. The maximum atomic E-state index is 13.6. The van der Waals surface area contributed by atoms with Gasteiger partial charge in [-0.2, -0.15) is 0 Å². The van der Waals surface area contributed by atoms with E-state index in [-0.39, 0.29) is 11.3 Å². The van der Waals surface area contributed by atoms with Crippen molar-refractivity contribution in [2.24, 2.45) is 0 Å². The Labute approximate surface area is 245 Å². The van der Waals surface area contributed by atoms with Gasteiger partial charge in [0, 0.05) is 10.6 Å². The van der Waals surface area contributed by atoms with Gasteiger partial charge < -0.3 is 19.3 Å². The fourth-order valence-corrected chi connectivity index (χ4v) is 6.24. The van der Waals surface area contributed by atoms with Gasteiger partial charge in [-0.25, -0.2) is 4.98 Å². The van der Waals surface area contributed by atoms with Gasteiger partial charge in [0.25, 0.3) is 5.78 Å². The molecule has 0 radical (unpaired) electrons. The van der Waals surface area contributed by atoms with Crippen molar-refractivity contribution in [2.45, 2.75) is 32.2 Å². The number of Topliss-reactive ketones (excluding diaryl/α,β-unsaturated/α-hetero) is 1. The molecule has 4 aromatic rings. The van der Waals surface area contributed by atoms with E-state index in [2.05, 4.69) is 11.9 Å². The van der Waals surface area contributed by atoms with Crippen molar-refractivity contribution < 1.29 is 28.9 Å². The van der Waals surface area contributed by atoms with Crippen LogP contribution in [0.25, 0.3) is 16.0 Å². The average Bonchev–Trinajstić information content (AvgIpc) is 3.52. The molecule has 1 aromatic heterocycles. The van der Waals surface area contributed by atoms with Crippen LogP contribution in [-0.4, -0.2) is 41.6 Å². The van der Waals surface area contributed by atoms with E-state index in [0.29, 0.717) is 63.9 Å². The number of anilines is 1. The van der Waals surface area contributed by atoms with Crippen molar-refractivity contribution in [3.8, 4) is 17.2 Å². The maximum absolute atomic E-state index is 13.6. The van der Waals surface area contributed by atoms with Gasteiger partial charge in [0.1, 0.15) is 24.7 Å². The minimum atomic E-state index is -0.923. The number of aliphatic hydroxyl groups excluding tert-OH is 1. The van der Waals surface area contributed by atoms with Crippen LogP contribution in [0.15, 0.2) is 66.2 Å². The lowest BCUT2D eigenvalue weighted by atomic mass is 9.95. The number of rotatable bonds is 8. The van der Waals surface area contributed by atoms with E-state index in [0.717, 1.165) is 24.0 Å². The van der Waals surface area contributed by atoms with Crippen LogP contribution in [0.5, 0.6) is 17.2 Å². The zero-order valence-electron chi connectivity index (χ0n) is 22.3. The Balaban J connectivity index is 1.44. The van der Waals surface area contributed by atoms with Crippen molar-refractivity contribution in [3.63, 3.8) is 0 Å². The van der Waals surface area contributed by atoms with Gasteiger partial charge in [-0.15, -0.1) is 0 Å². The second-order valence-electron chi connectivity index (χ2n) is 9.76. The molecule has 3 aromatic carbocycles. The number of unbranched alkanes of at least 4 members (excludes halogenated alkanes) is 2. The number of halogens is 1. The Morgan fingerprint density at radius 3 is 2.61 bits per heavy atom. The Bertz CT molecular complexity index is 1670. The molecule has 0 bridgehead atoms. The van der Waals surface area contributed by atoms with Crippen molar-refractivity contribution in [2.75, 3.05) is 24.7 Å². The van der Waals surface area contributed by atoms with E-state index in [1.807, 2.05) is 12.1 Å². The van der Waals surface area contributed by atoms with Gasteiger partial charge in [-0.05, 0) is 60.5 Å². The first-order chi connectivity index (χ1) is 19.9. The van der Waals surface area contributed by atoms with Crippen LogP contribution >= 0.6 is 22.9 Å². The number of fused-ring (bicyclic) bond motifs is 2. The van der Waals surface area contributed by atoms with E-state index in [1.54, 1.807) is 48.5 Å². The monoisotopic (exact) mass is 590 g/mol. The molecule has 8 nitrogen and oxygen atoms in total. The van der Waals surface area contributed by atoms with Gasteiger partial charge in [0.2, 0.25) is 0 Å². The molecular weight excluding hydrogens is 564 g/mol. The molecule has 1 amide bonds. The molecule has 41 heavy (non-hydrogen) atoms. The molecule has 6 rings (SSSR count). The fraction of sp³-hybridized carbons (Fsp3) is 0.258. The lowest BCUT2D eigenvalue weighted by Gasteiger charge is -2.23. The first-order valence-corrected chi connectivity index (χ1v) is 14.6. The Morgan fingerprint density at radius 1 is 1.05 bits per heavy atom. The topological polar surface area (TPSA) is 98.2 Å². The highest BCUT2D eigenvalue weighted by Crippen LogP contribution is 2.45. The average molecular weight is 591 g/mol. The summed E-state index contributed by atoms with van der Waals surface area (Å²) in [5.41, 5.74) is 1.57. The summed E-state index contributed by atoms with van der Waals surface area (Å²) in [6.07, 6.45) is 3.14. The number of carbonyl (C=O) groups excluding carboxylic acids is 2. The molecule has 1 unspecified atom stereocenters. The highest BCUT2D eigenvalue weighted by Gasteiger charge is 2.48. The summed E-state index contributed by atoms with van der Waals surface area (Å²) in [6, 6.07) is 16.5. The second kappa shape index (κ2) is 11.4. The third kappa shape index (κ3) is 5.23. The normalized spacial score (nSPS) is 17.8. The van der Waals surface area contributed by atoms with Crippen molar-refractivity contribution in [1.29, 1.82) is 0 Å². The zero-order valence-corrected chi connectivity index (χ0v) is 23.8. The lowest BCUT2D eigenvalue weighted by molar-refractivity contribution is -0.132. The largest absolute Gasteiger partial charge is 0.507 e. The number of hydrogen-bond acceptors (Lipinski definition) is 8. The van der Waals surface area contributed by atoms with Crippen LogP contribution in [0.1, 0.15) is 43.4 Å². The number of ketones is 1. The number of amides is 1. The molecular formula is C31H27ClN2O6S. The SMILES string of the molecule is CCCCCOc1ccc(C2/C(=C(/O)c3ccc4c(c3)OCCO4)C(=O)C(=O)N2c2nc3ccc(Cl)cc3s2)cc1. The summed E-state index contributed by atoms with van der Waals surface area (Å²) in [5.74, 6) is -0.204. The summed E-state index contributed by atoms with van der Waals surface area (Å²) in [7, 11) is 0. The maximum Gasteiger partial charge on any atom is 0.301 e. The second-order valence-corrected chi connectivity index (χ2v) is 11.2. The third-order valence-corrected chi connectivity index (χ3v) is 8.27. The number of ether oxygens (including phenoxy) is 3. The smallest absolute Gasteiger partial charge is 0.301 e. The third-order valence-electron chi connectivity index (χ3n) is 7.02. The molecule has 0 spiro atoms. The fourth-order valence-electron chi connectivity index (χ4n) is 4.97. The summed E-state index contributed by atoms with van der Waals surface area (Å²) >= 11 is 7.44. The van der Waals surface area contributed by atoms with Crippen LogP contribution in [0.3, 0.4) is 0 Å². The lowest BCUT2D eigenvalue weighted by Crippen LogP contribution is -2.29. The molecule has 10 heteroatoms. The van der Waals surface area contributed by atoms with Crippen LogP contribution < -0.4 is 19.1 Å². The number of aromatic nitrogens is 1. The molecule has 1 fully saturated rings. The minimum Gasteiger partial charge on any atom is -0.507 e. The molecule has 210 valence electrons. The van der Waals surface area contributed by atoms with Crippen molar-refractivity contribution in [1.82, 2.24) is 4.98 Å². The van der Waals surface area contributed by atoms with Gasteiger partial charge in [-0.3, -0.25) is 14.5 Å². The summed E-state index contributed by atoms with van der Waals surface area (Å²) in [4.78, 5) is 33.2. The summed E-state index contributed by atoms with van der Waals surface area (Å²) < 4.78 is 17.9.